The van der Waals surface area contributed by atoms with Crippen molar-refractivity contribution in [3.05, 3.63) is 44.0 Å². The molecule has 0 spiro atoms. The number of nitrogens with zero attached hydrogens (tertiary/aromatic N) is 3. The van der Waals surface area contributed by atoms with Crippen LogP contribution in [0.1, 0.15) is 23.2 Å². The number of quaternary nitrogens is 1. The van der Waals surface area contributed by atoms with Gasteiger partial charge in [0.05, 0.1) is 55.8 Å². The van der Waals surface area contributed by atoms with Crippen LogP contribution in [0.25, 0.3) is 0 Å². The van der Waals surface area contributed by atoms with Gasteiger partial charge in [-0.3, -0.25) is 29.3 Å². The van der Waals surface area contributed by atoms with E-state index < -0.39 is 35.0 Å². The van der Waals surface area contributed by atoms with Gasteiger partial charge in [0.2, 0.25) is 0 Å². The first-order valence-electron chi connectivity index (χ1n) is 8.84. The first-order valence-corrected chi connectivity index (χ1v) is 10.3. The molecule has 1 N–H and O–H groups in total. The van der Waals surface area contributed by atoms with Crippen molar-refractivity contribution in [2.75, 3.05) is 47.5 Å². The van der Waals surface area contributed by atoms with E-state index in [4.69, 9.17) is 13.8 Å². The summed E-state index contributed by atoms with van der Waals surface area (Å²) in [6, 6.07) is 2.51. The lowest BCUT2D eigenvalue weighted by molar-refractivity contribution is -0.870. The van der Waals surface area contributed by atoms with Crippen molar-refractivity contribution >= 4 is 25.2 Å². The number of benzene rings is 1. The van der Waals surface area contributed by atoms with Gasteiger partial charge in [-0.25, -0.2) is 9.36 Å². The number of likely N-dealkylation sites (N-methyl/N-ethyl adjacent to an activating group) is 1. The van der Waals surface area contributed by atoms with E-state index in [1.165, 1.54) is 0 Å². The molecule has 0 bridgehead atoms. The van der Waals surface area contributed by atoms with Crippen molar-refractivity contribution in [3.63, 3.8) is 0 Å². The second-order valence-corrected chi connectivity index (χ2v) is 8.70. The molecule has 0 aliphatic heterocycles. The number of hydrogen-bond acceptors (Lipinski definition) is 9. The zero-order valence-corrected chi connectivity index (χ0v) is 17.8. The summed E-state index contributed by atoms with van der Waals surface area (Å²) in [5.41, 5.74) is -1.53. The fraction of sp³-hybridized carbons (Fsp3) is 0.562. The summed E-state index contributed by atoms with van der Waals surface area (Å²) in [7, 11) is 1.54. The van der Waals surface area contributed by atoms with E-state index in [0.29, 0.717) is 11.0 Å². The Bertz CT molecular complexity index is 792. The Balaban J connectivity index is 2.41. The lowest BCUT2D eigenvalue weighted by Crippen LogP contribution is -2.37. The number of nitro benzene ring substituents is 2. The highest BCUT2D eigenvalue weighted by molar-refractivity contribution is 7.47. The van der Waals surface area contributed by atoms with E-state index in [1.54, 1.807) is 0 Å². The van der Waals surface area contributed by atoms with E-state index in [1.807, 2.05) is 21.1 Å². The maximum Gasteiger partial charge on any atom is 0.472 e. The highest BCUT2D eigenvalue weighted by Gasteiger charge is 2.23. The van der Waals surface area contributed by atoms with Crippen molar-refractivity contribution in [3.8, 4) is 0 Å². The molecule has 0 amide bonds. The predicted octanol–water partition coefficient (Wildman–Crippen LogP) is 2.28. The molecule has 1 rings (SSSR count). The van der Waals surface area contributed by atoms with Crippen molar-refractivity contribution in [2.45, 2.75) is 12.8 Å². The maximum atomic E-state index is 12.0. The summed E-state index contributed by atoms with van der Waals surface area (Å²) in [5.74, 6) is -0.959. The molecule has 0 saturated heterocycles. The van der Waals surface area contributed by atoms with Crippen LogP contribution < -0.4 is 0 Å². The van der Waals surface area contributed by atoms with Crippen LogP contribution in [-0.2, 0) is 18.3 Å². The van der Waals surface area contributed by atoms with Crippen LogP contribution in [0.5, 0.6) is 0 Å². The third-order valence-corrected chi connectivity index (χ3v) is 4.62. The molecule has 0 radical (unpaired) electrons. The quantitative estimate of drug-likeness (QED) is 0.117. The van der Waals surface area contributed by atoms with Gasteiger partial charge in [0.25, 0.3) is 11.4 Å². The molecular weight excluding hydrogens is 425 g/mol. The Kier molecular flexibility index (Phi) is 9.46. The number of unbranched alkanes of at least 4 members (excludes halogenated alkanes) is 1. The summed E-state index contributed by atoms with van der Waals surface area (Å²) in [4.78, 5) is 41.5. The van der Waals surface area contributed by atoms with Gasteiger partial charge in [0.1, 0.15) is 13.2 Å². The first kappa shape index (κ1) is 25.6. The zero-order valence-electron chi connectivity index (χ0n) is 16.9. The fourth-order valence-electron chi connectivity index (χ4n) is 2.02. The van der Waals surface area contributed by atoms with Gasteiger partial charge in [-0.15, -0.1) is 0 Å². The molecule has 14 heteroatoms. The van der Waals surface area contributed by atoms with Gasteiger partial charge in [-0.05, 0) is 12.8 Å². The first-order chi connectivity index (χ1) is 13.8. The molecule has 1 aromatic carbocycles. The largest absolute Gasteiger partial charge is 0.472 e. The van der Waals surface area contributed by atoms with Gasteiger partial charge in [0, 0.05) is 12.1 Å². The summed E-state index contributed by atoms with van der Waals surface area (Å²) < 4.78 is 26.8. The van der Waals surface area contributed by atoms with Crippen LogP contribution in [0.3, 0.4) is 0 Å². The van der Waals surface area contributed by atoms with Gasteiger partial charge < -0.3 is 14.1 Å². The third kappa shape index (κ3) is 9.85. The monoisotopic (exact) mass is 450 g/mol. The highest BCUT2D eigenvalue weighted by Crippen LogP contribution is 2.43. The van der Waals surface area contributed by atoms with Gasteiger partial charge in [-0.2, -0.15) is 0 Å². The minimum absolute atomic E-state index is 0.0459. The molecule has 1 unspecified atom stereocenters. The predicted molar refractivity (Wildman–Crippen MR) is 104 cm³/mol. The number of phosphoric ester groups is 1. The number of carbonyl (C=O) groups excluding carboxylic acids is 1. The minimum Gasteiger partial charge on any atom is -0.462 e. The number of carbonyl (C=O) groups is 1. The molecule has 1 aromatic rings. The topological polar surface area (TPSA) is 168 Å². The van der Waals surface area contributed by atoms with E-state index in [-0.39, 0.29) is 38.2 Å². The second-order valence-electron chi connectivity index (χ2n) is 7.24. The third-order valence-electron chi connectivity index (χ3n) is 3.60. The van der Waals surface area contributed by atoms with Crippen molar-refractivity contribution < 1.29 is 42.4 Å². The average Bonchev–Trinajstić information content (AvgIpc) is 2.62. The molecule has 0 aliphatic rings. The molecule has 30 heavy (non-hydrogen) atoms. The smallest absolute Gasteiger partial charge is 0.462 e. The molecule has 0 aliphatic carbocycles. The number of esters is 1. The van der Waals surface area contributed by atoms with Crippen LogP contribution in [-0.4, -0.2) is 72.7 Å². The van der Waals surface area contributed by atoms with Crippen LogP contribution in [0, 0.1) is 20.2 Å². The Morgan fingerprint density at radius 3 is 2.00 bits per heavy atom. The number of ether oxygens (including phenoxy) is 1. The number of rotatable bonds is 13. The average molecular weight is 450 g/mol. The Hall–Kier alpha value is -2.44. The molecule has 0 heterocycles. The van der Waals surface area contributed by atoms with Gasteiger partial charge in [-0.1, -0.05) is 0 Å². The summed E-state index contributed by atoms with van der Waals surface area (Å²) in [5, 5.41) is 21.7. The van der Waals surface area contributed by atoms with Crippen LogP contribution in [0.4, 0.5) is 11.4 Å². The molecule has 1 atom stereocenters. The number of phosphoric acid groups is 1. The lowest BCUT2D eigenvalue weighted by Gasteiger charge is -2.24. The number of non-ortho nitro benzene ring substituents is 2. The van der Waals surface area contributed by atoms with Crippen LogP contribution in [0.15, 0.2) is 18.2 Å². The summed E-state index contributed by atoms with van der Waals surface area (Å²) in [6.45, 7) is 0.332. The summed E-state index contributed by atoms with van der Waals surface area (Å²) >= 11 is 0. The van der Waals surface area contributed by atoms with E-state index in [2.05, 4.69) is 0 Å². The van der Waals surface area contributed by atoms with E-state index in [0.717, 1.165) is 18.2 Å². The van der Waals surface area contributed by atoms with Crippen molar-refractivity contribution in [2.24, 2.45) is 0 Å². The fourth-order valence-corrected chi connectivity index (χ4v) is 2.77. The maximum absolute atomic E-state index is 12.0. The Morgan fingerprint density at radius 1 is 1.00 bits per heavy atom. The van der Waals surface area contributed by atoms with Crippen molar-refractivity contribution in [1.29, 1.82) is 0 Å². The van der Waals surface area contributed by atoms with Gasteiger partial charge in [0.15, 0.2) is 0 Å². The van der Waals surface area contributed by atoms with Crippen LogP contribution >= 0.6 is 7.82 Å². The summed E-state index contributed by atoms with van der Waals surface area (Å²) in [6.07, 6.45) is 0.535. The lowest BCUT2D eigenvalue weighted by atomic mass is 10.2. The zero-order chi connectivity index (χ0) is 22.9. The molecule has 0 saturated carbocycles. The molecule has 0 fully saturated rings. The van der Waals surface area contributed by atoms with Crippen LogP contribution in [0.2, 0.25) is 0 Å². The molecule has 0 aromatic heterocycles. The normalized spacial score (nSPS) is 13.5. The molecule has 13 nitrogen and oxygen atoms in total. The number of nitro groups is 2. The standard InChI is InChI=1S/C16H24N3O10P/c1-19(2,3)6-9-29-30(25,26)28-8-5-4-7-27-16(20)13-10-14(17(21)22)12-15(11-13)18(23)24/h10-12H,4-9H2,1-3H3/p+1. The Labute approximate surface area is 172 Å². The van der Waals surface area contributed by atoms with E-state index >= 15 is 0 Å². The van der Waals surface area contributed by atoms with Crippen molar-refractivity contribution in [1.82, 2.24) is 0 Å². The second kappa shape index (κ2) is 11.1. The molecule has 168 valence electrons. The SMILES string of the molecule is C[N+](C)(C)CCOP(=O)(O)OCCCCOC(=O)c1cc([N+](=O)[O-])cc([N+](=O)[O-])c1. The Morgan fingerprint density at radius 2 is 1.50 bits per heavy atom. The molecular formula is C16H25N3O10P+. The highest BCUT2D eigenvalue weighted by atomic mass is 31.2. The van der Waals surface area contributed by atoms with E-state index in [9.17, 15) is 34.5 Å². The minimum atomic E-state index is -4.17. The van der Waals surface area contributed by atoms with Gasteiger partial charge >= 0.3 is 13.8 Å². The number of hydrogen-bond donors (Lipinski definition) is 1.